The van der Waals surface area contributed by atoms with Gasteiger partial charge < -0.3 is 20.1 Å². The van der Waals surface area contributed by atoms with Crippen LogP contribution in [0.25, 0.3) is 0 Å². The molecule has 0 aliphatic carbocycles. The molecule has 2 aromatic carbocycles. The predicted octanol–water partition coefficient (Wildman–Crippen LogP) is 5.10. The van der Waals surface area contributed by atoms with E-state index in [1.807, 2.05) is 0 Å². The Morgan fingerprint density at radius 3 is 2.24 bits per heavy atom. The zero-order valence-corrected chi connectivity index (χ0v) is 16.1. The van der Waals surface area contributed by atoms with Crippen molar-refractivity contribution in [2.45, 2.75) is 13.0 Å². The molecule has 5 nitrogen and oxygen atoms in total. The average Bonchev–Trinajstić information content (AvgIpc) is 2.57. The molecule has 134 valence electrons. The third-order valence-electron chi connectivity index (χ3n) is 3.43. The van der Waals surface area contributed by atoms with Crippen LogP contribution in [0.3, 0.4) is 0 Å². The highest BCUT2D eigenvalue weighted by Crippen LogP contribution is 2.36. The molecule has 0 spiro atoms. The molecule has 1 amide bonds. The fourth-order valence-electron chi connectivity index (χ4n) is 2.10. The molecule has 0 bridgehead atoms. The Bertz CT molecular complexity index is 784. The fraction of sp³-hybridized carbons (Fsp3) is 0.235. The van der Waals surface area contributed by atoms with Crippen molar-refractivity contribution in [3.8, 4) is 11.5 Å². The normalized spacial score (nSPS) is 11.6. The summed E-state index contributed by atoms with van der Waals surface area (Å²) in [7, 11) is 3.03. The molecular weight excluding hydrogens is 387 g/mol. The van der Waals surface area contributed by atoms with Gasteiger partial charge in [0.15, 0.2) is 0 Å². The van der Waals surface area contributed by atoms with E-state index in [2.05, 4.69) is 10.6 Å². The second-order valence-electron chi connectivity index (χ2n) is 5.17. The van der Waals surface area contributed by atoms with Crippen LogP contribution in [-0.4, -0.2) is 26.2 Å². The third kappa shape index (κ3) is 4.84. The molecule has 1 atom stereocenters. The lowest BCUT2D eigenvalue weighted by Gasteiger charge is -2.19. The number of rotatable bonds is 6. The summed E-state index contributed by atoms with van der Waals surface area (Å²) in [5.74, 6) is 0.706. The van der Waals surface area contributed by atoms with Gasteiger partial charge in [0.25, 0.3) is 0 Å². The van der Waals surface area contributed by atoms with Crippen molar-refractivity contribution >= 4 is 52.1 Å². The summed E-state index contributed by atoms with van der Waals surface area (Å²) in [5.41, 5.74) is 1.04. The quantitative estimate of drug-likeness (QED) is 0.704. The standard InChI is InChI=1S/C17H17Cl3N2O3/c1-9(17(23)22-13-5-4-10(18)6-11(13)19)21-14-7-12(20)15(24-2)8-16(14)25-3/h4-9,21H,1-3H3,(H,22,23)/t9-/m0/s1. The summed E-state index contributed by atoms with van der Waals surface area (Å²) in [6, 6.07) is 7.55. The fourth-order valence-corrected chi connectivity index (χ4v) is 2.80. The van der Waals surface area contributed by atoms with Crippen molar-refractivity contribution in [2.24, 2.45) is 0 Å². The number of anilines is 2. The van der Waals surface area contributed by atoms with Crippen molar-refractivity contribution in [3.63, 3.8) is 0 Å². The van der Waals surface area contributed by atoms with E-state index >= 15 is 0 Å². The van der Waals surface area contributed by atoms with Crippen LogP contribution in [0.5, 0.6) is 11.5 Å². The monoisotopic (exact) mass is 402 g/mol. The summed E-state index contributed by atoms with van der Waals surface area (Å²) < 4.78 is 10.5. The summed E-state index contributed by atoms with van der Waals surface area (Å²) in [6.45, 7) is 1.71. The summed E-state index contributed by atoms with van der Waals surface area (Å²) in [6.07, 6.45) is 0. The first-order chi connectivity index (χ1) is 11.8. The number of benzene rings is 2. The van der Waals surface area contributed by atoms with E-state index in [0.29, 0.717) is 37.9 Å². The van der Waals surface area contributed by atoms with Crippen LogP contribution < -0.4 is 20.1 Å². The van der Waals surface area contributed by atoms with E-state index < -0.39 is 6.04 Å². The van der Waals surface area contributed by atoms with E-state index in [9.17, 15) is 4.79 Å². The van der Waals surface area contributed by atoms with Gasteiger partial charge in [-0.05, 0) is 31.2 Å². The van der Waals surface area contributed by atoms with Gasteiger partial charge in [0.1, 0.15) is 17.5 Å². The van der Waals surface area contributed by atoms with Gasteiger partial charge in [-0.1, -0.05) is 34.8 Å². The van der Waals surface area contributed by atoms with E-state index in [-0.39, 0.29) is 5.91 Å². The van der Waals surface area contributed by atoms with Gasteiger partial charge in [-0.3, -0.25) is 4.79 Å². The Kier molecular flexibility index (Phi) is 6.64. The predicted molar refractivity (Wildman–Crippen MR) is 103 cm³/mol. The van der Waals surface area contributed by atoms with E-state index in [0.717, 1.165) is 0 Å². The number of ether oxygens (including phenoxy) is 2. The SMILES string of the molecule is COc1cc(OC)c(N[C@@H](C)C(=O)Nc2ccc(Cl)cc2Cl)cc1Cl. The highest BCUT2D eigenvalue weighted by atomic mass is 35.5. The van der Waals surface area contributed by atoms with Gasteiger partial charge >= 0.3 is 0 Å². The second kappa shape index (κ2) is 8.52. The molecular formula is C17H17Cl3N2O3. The molecule has 8 heteroatoms. The summed E-state index contributed by atoms with van der Waals surface area (Å²) in [4.78, 5) is 12.4. The Balaban J connectivity index is 2.14. The Morgan fingerprint density at radius 1 is 0.960 bits per heavy atom. The lowest BCUT2D eigenvalue weighted by atomic mass is 10.2. The Labute approximate surface area is 161 Å². The van der Waals surface area contributed by atoms with Crippen molar-refractivity contribution in [1.29, 1.82) is 0 Å². The van der Waals surface area contributed by atoms with E-state index in [1.165, 1.54) is 14.2 Å². The first-order valence-corrected chi connectivity index (χ1v) is 8.43. The molecule has 0 aromatic heterocycles. The number of carbonyl (C=O) groups excluding carboxylic acids is 1. The van der Waals surface area contributed by atoms with Crippen molar-refractivity contribution < 1.29 is 14.3 Å². The van der Waals surface area contributed by atoms with Crippen LogP contribution >= 0.6 is 34.8 Å². The zero-order valence-electron chi connectivity index (χ0n) is 13.8. The topological polar surface area (TPSA) is 59.6 Å². The molecule has 2 aromatic rings. The number of amides is 1. The molecule has 0 unspecified atom stereocenters. The maximum absolute atomic E-state index is 12.4. The smallest absolute Gasteiger partial charge is 0.246 e. The molecule has 0 heterocycles. The number of carbonyl (C=O) groups is 1. The third-order valence-corrected chi connectivity index (χ3v) is 4.27. The van der Waals surface area contributed by atoms with Crippen LogP contribution in [-0.2, 0) is 4.79 Å². The minimum absolute atomic E-state index is 0.279. The molecule has 25 heavy (non-hydrogen) atoms. The van der Waals surface area contributed by atoms with Crippen LogP contribution in [0.4, 0.5) is 11.4 Å². The molecule has 0 saturated heterocycles. The van der Waals surface area contributed by atoms with Crippen LogP contribution in [0, 0.1) is 0 Å². The largest absolute Gasteiger partial charge is 0.495 e. The lowest BCUT2D eigenvalue weighted by Crippen LogP contribution is -2.32. The van der Waals surface area contributed by atoms with Crippen molar-refractivity contribution in [2.75, 3.05) is 24.9 Å². The first-order valence-electron chi connectivity index (χ1n) is 7.29. The van der Waals surface area contributed by atoms with Gasteiger partial charge in [-0.15, -0.1) is 0 Å². The number of halogens is 3. The Hall–Kier alpha value is -1.82. The molecule has 2 N–H and O–H groups in total. The molecule has 0 fully saturated rings. The molecule has 0 aliphatic rings. The summed E-state index contributed by atoms with van der Waals surface area (Å²) in [5, 5.41) is 7.05. The lowest BCUT2D eigenvalue weighted by molar-refractivity contribution is -0.116. The number of nitrogens with one attached hydrogen (secondary N) is 2. The van der Waals surface area contributed by atoms with Gasteiger partial charge in [-0.2, -0.15) is 0 Å². The average molecular weight is 404 g/mol. The highest BCUT2D eigenvalue weighted by Gasteiger charge is 2.18. The van der Waals surface area contributed by atoms with Crippen molar-refractivity contribution in [1.82, 2.24) is 0 Å². The minimum Gasteiger partial charge on any atom is -0.495 e. The molecule has 0 saturated carbocycles. The first kappa shape index (κ1) is 19.5. The number of hydrogen-bond acceptors (Lipinski definition) is 4. The maximum atomic E-state index is 12.4. The minimum atomic E-state index is -0.579. The van der Waals surface area contributed by atoms with E-state index in [1.54, 1.807) is 37.3 Å². The second-order valence-corrected chi connectivity index (χ2v) is 6.42. The van der Waals surface area contributed by atoms with Crippen LogP contribution in [0.15, 0.2) is 30.3 Å². The zero-order chi connectivity index (χ0) is 18.6. The van der Waals surface area contributed by atoms with Crippen molar-refractivity contribution in [3.05, 3.63) is 45.4 Å². The van der Waals surface area contributed by atoms with E-state index in [4.69, 9.17) is 44.3 Å². The van der Waals surface area contributed by atoms with Gasteiger partial charge in [0, 0.05) is 11.1 Å². The number of hydrogen-bond donors (Lipinski definition) is 2. The van der Waals surface area contributed by atoms with Gasteiger partial charge in [0.2, 0.25) is 5.91 Å². The van der Waals surface area contributed by atoms with Gasteiger partial charge in [0.05, 0.1) is 35.6 Å². The number of methoxy groups -OCH3 is 2. The van der Waals surface area contributed by atoms with Crippen LogP contribution in [0.2, 0.25) is 15.1 Å². The molecule has 0 aliphatic heterocycles. The molecule has 2 rings (SSSR count). The highest BCUT2D eigenvalue weighted by molar-refractivity contribution is 6.36. The summed E-state index contributed by atoms with van der Waals surface area (Å²) >= 11 is 18.1. The molecule has 0 radical (unpaired) electrons. The van der Waals surface area contributed by atoms with Gasteiger partial charge in [-0.25, -0.2) is 0 Å². The maximum Gasteiger partial charge on any atom is 0.246 e. The van der Waals surface area contributed by atoms with Crippen LogP contribution in [0.1, 0.15) is 6.92 Å². The Morgan fingerprint density at radius 2 is 1.64 bits per heavy atom.